The highest BCUT2D eigenvalue weighted by Gasteiger charge is 2.17. The maximum Gasteiger partial charge on any atom is 0.263 e. The van der Waals surface area contributed by atoms with Gasteiger partial charge in [-0.15, -0.1) is 0 Å². The number of nitrogens with two attached hydrogens (primary N) is 1. The van der Waals surface area contributed by atoms with Crippen LogP contribution in [-0.4, -0.2) is 8.42 Å². The first-order valence-electron chi connectivity index (χ1n) is 5.22. The van der Waals surface area contributed by atoms with E-state index >= 15 is 0 Å². The summed E-state index contributed by atoms with van der Waals surface area (Å²) in [4.78, 5) is -0.0459. The quantitative estimate of drug-likeness (QED) is 0.856. The number of sulfonamides is 1. The second kappa shape index (κ2) is 5.07. The van der Waals surface area contributed by atoms with Crippen LogP contribution >= 0.6 is 11.6 Å². The average molecular weight is 301 g/mol. The largest absolute Gasteiger partial charge is 0.398 e. The predicted octanol–water partition coefficient (Wildman–Crippen LogP) is 2.86. The lowest BCUT2D eigenvalue weighted by atomic mass is 10.3. The van der Waals surface area contributed by atoms with E-state index in [0.29, 0.717) is 0 Å². The number of hydrogen-bond donors (Lipinski definition) is 2. The molecular formula is C12H10ClFN2O2S. The van der Waals surface area contributed by atoms with E-state index in [1.165, 1.54) is 24.3 Å². The number of benzene rings is 2. The number of hydrogen-bond acceptors (Lipinski definition) is 3. The molecule has 2 aromatic rings. The van der Waals surface area contributed by atoms with Crippen LogP contribution in [0.3, 0.4) is 0 Å². The van der Waals surface area contributed by atoms with Crippen molar-refractivity contribution < 1.29 is 12.8 Å². The van der Waals surface area contributed by atoms with Crippen LogP contribution in [0.25, 0.3) is 0 Å². The molecule has 4 nitrogen and oxygen atoms in total. The molecule has 0 aliphatic heterocycles. The molecule has 3 N–H and O–H groups in total. The first-order chi connectivity index (χ1) is 8.90. The molecule has 0 saturated heterocycles. The van der Waals surface area contributed by atoms with Gasteiger partial charge >= 0.3 is 0 Å². The lowest BCUT2D eigenvalue weighted by Gasteiger charge is -2.10. The summed E-state index contributed by atoms with van der Waals surface area (Å²) < 4.78 is 39.5. The van der Waals surface area contributed by atoms with Gasteiger partial charge in [-0.25, -0.2) is 12.8 Å². The lowest BCUT2D eigenvalue weighted by Crippen LogP contribution is -2.14. The van der Waals surface area contributed by atoms with Gasteiger partial charge in [-0.05, 0) is 30.3 Å². The third-order valence-electron chi connectivity index (χ3n) is 2.38. The van der Waals surface area contributed by atoms with Crippen LogP contribution in [0.15, 0.2) is 47.4 Å². The van der Waals surface area contributed by atoms with Crippen molar-refractivity contribution in [1.29, 1.82) is 0 Å². The molecule has 2 rings (SSSR count). The van der Waals surface area contributed by atoms with E-state index in [0.717, 1.165) is 6.07 Å². The minimum absolute atomic E-state index is 0.0459. The average Bonchev–Trinajstić information content (AvgIpc) is 2.34. The van der Waals surface area contributed by atoms with E-state index in [9.17, 15) is 12.8 Å². The molecule has 0 bridgehead atoms. The summed E-state index contributed by atoms with van der Waals surface area (Å²) in [5.74, 6) is -0.621. The second-order valence-electron chi connectivity index (χ2n) is 3.77. The summed E-state index contributed by atoms with van der Waals surface area (Å²) in [6, 6.07) is 9.58. The molecule has 0 radical (unpaired) electrons. The summed E-state index contributed by atoms with van der Waals surface area (Å²) in [6.07, 6.45) is 0. The smallest absolute Gasteiger partial charge is 0.263 e. The van der Waals surface area contributed by atoms with Crippen LogP contribution in [0.4, 0.5) is 15.8 Å². The zero-order chi connectivity index (χ0) is 14.0. The first kappa shape index (κ1) is 13.6. The number of nitrogen functional groups attached to an aromatic ring is 1. The van der Waals surface area contributed by atoms with Gasteiger partial charge in [0.1, 0.15) is 10.7 Å². The van der Waals surface area contributed by atoms with Gasteiger partial charge in [0.2, 0.25) is 0 Å². The highest BCUT2D eigenvalue weighted by atomic mass is 35.5. The fourth-order valence-corrected chi connectivity index (χ4v) is 2.86. The Hall–Kier alpha value is -1.79. The molecule has 0 aromatic heterocycles. The third kappa shape index (κ3) is 2.97. The number of para-hydroxylation sites is 1. The Morgan fingerprint density at radius 1 is 1.16 bits per heavy atom. The minimum atomic E-state index is -3.83. The molecule has 0 aliphatic rings. The summed E-state index contributed by atoms with van der Waals surface area (Å²) in [5, 5.41) is -0.166. The van der Waals surface area contributed by atoms with E-state index in [-0.39, 0.29) is 21.3 Å². The van der Waals surface area contributed by atoms with Crippen molar-refractivity contribution in [2.45, 2.75) is 4.90 Å². The minimum Gasteiger partial charge on any atom is -0.398 e. The van der Waals surface area contributed by atoms with Gasteiger partial charge in [0, 0.05) is 0 Å². The standard InChI is InChI=1S/C12H10ClFN2O2S/c13-9-7-8(5-6-10(9)14)16-19(17,18)12-4-2-1-3-11(12)15/h1-7,16H,15H2. The summed E-state index contributed by atoms with van der Waals surface area (Å²) in [5.41, 5.74) is 5.90. The van der Waals surface area contributed by atoms with Crippen molar-refractivity contribution in [2.24, 2.45) is 0 Å². The zero-order valence-corrected chi connectivity index (χ0v) is 11.2. The predicted molar refractivity (Wildman–Crippen MR) is 73.1 cm³/mol. The van der Waals surface area contributed by atoms with E-state index in [1.807, 2.05) is 0 Å². The maximum absolute atomic E-state index is 13.0. The third-order valence-corrected chi connectivity index (χ3v) is 4.13. The maximum atomic E-state index is 13.0. The molecule has 0 atom stereocenters. The fraction of sp³-hybridized carbons (Fsp3) is 0. The first-order valence-corrected chi connectivity index (χ1v) is 7.08. The summed E-state index contributed by atoms with van der Waals surface area (Å²) in [7, 11) is -3.83. The molecule has 0 amide bonds. The van der Waals surface area contributed by atoms with Crippen molar-refractivity contribution in [3.63, 3.8) is 0 Å². The van der Waals surface area contributed by atoms with Crippen molar-refractivity contribution in [3.8, 4) is 0 Å². The van der Waals surface area contributed by atoms with Crippen molar-refractivity contribution in [2.75, 3.05) is 10.5 Å². The van der Waals surface area contributed by atoms with Crippen LogP contribution in [0.1, 0.15) is 0 Å². The van der Waals surface area contributed by atoms with Gasteiger partial charge in [-0.3, -0.25) is 4.72 Å². The lowest BCUT2D eigenvalue weighted by molar-refractivity contribution is 0.601. The van der Waals surface area contributed by atoms with Crippen LogP contribution in [0.2, 0.25) is 5.02 Å². The topological polar surface area (TPSA) is 72.2 Å². The summed E-state index contributed by atoms with van der Waals surface area (Å²) >= 11 is 5.59. The SMILES string of the molecule is Nc1ccccc1S(=O)(=O)Nc1ccc(F)c(Cl)c1. The molecule has 0 fully saturated rings. The molecule has 7 heteroatoms. The van der Waals surface area contributed by atoms with Gasteiger partial charge < -0.3 is 5.73 Å². The number of anilines is 2. The van der Waals surface area contributed by atoms with E-state index in [1.54, 1.807) is 12.1 Å². The van der Waals surface area contributed by atoms with Gasteiger partial charge in [-0.1, -0.05) is 23.7 Å². The van der Waals surface area contributed by atoms with Gasteiger partial charge in [0.05, 0.1) is 16.4 Å². The van der Waals surface area contributed by atoms with Gasteiger partial charge in [0.15, 0.2) is 0 Å². The van der Waals surface area contributed by atoms with Crippen LogP contribution in [0, 0.1) is 5.82 Å². The number of nitrogens with one attached hydrogen (secondary N) is 1. The number of rotatable bonds is 3. The van der Waals surface area contributed by atoms with E-state index in [2.05, 4.69) is 4.72 Å². The number of halogens is 2. The molecule has 19 heavy (non-hydrogen) atoms. The van der Waals surface area contributed by atoms with Crippen LogP contribution in [0.5, 0.6) is 0 Å². The summed E-state index contributed by atoms with van der Waals surface area (Å²) in [6.45, 7) is 0. The Morgan fingerprint density at radius 3 is 2.47 bits per heavy atom. The fourth-order valence-electron chi connectivity index (χ4n) is 1.50. The second-order valence-corrected chi connectivity index (χ2v) is 5.83. The van der Waals surface area contributed by atoms with Crippen LogP contribution < -0.4 is 10.5 Å². The zero-order valence-electron chi connectivity index (χ0n) is 9.60. The van der Waals surface area contributed by atoms with E-state index in [4.69, 9.17) is 17.3 Å². The Kier molecular flexibility index (Phi) is 3.64. The molecule has 0 aliphatic carbocycles. The Labute approximate surface area is 115 Å². The molecule has 0 saturated carbocycles. The van der Waals surface area contributed by atoms with Crippen molar-refractivity contribution in [1.82, 2.24) is 0 Å². The highest BCUT2D eigenvalue weighted by Crippen LogP contribution is 2.24. The van der Waals surface area contributed by atoms with Gasteiger partial charge in [-0.2, -0.15) is 0 Å². The molecule has 2 aromatic carbocycles. The Bertz CT molecular complexity index is 719. The van der Waals surface area contributed by atoms with Crippen LogP contribution in [-0.2, 0) is 10.0 Å². The molecular weight excluding hydrogens is 291 g/mol. The molecule has 100 valence electrons. The van der Waals surface area contributed by atoms with E-state index < -0.39 is 15.8 Å². The molecule has 0 heterocycles. The highest BCUT2D eigenvalue weighted by molar-refractivity contribution is 7.92. The van der Waals surface area contributed by atoms with Gasteiger partial charge in [0.25, 0.3) is 10.0 Å². The monoisotopic (exact) mass is 300 g/mol. The molecule has 0 unspecified atom stereocenters. The molecule has 0 spiro atoms. The normalized spacial score (nSPS) is 11.3. The Balaban J connectivity index is 2.37. The Morgan fingerprint density at radius 2 is 1.84 bits per heavy atom. The van der Waals surface area contributed by atoms with Crippen molar-refractivity contribution in [3.05, 3.63) is 53.3 Å². The van der Waals surface area contributed by atoms with Crippen molar-refractivity contribution >= 4 is 33.0 Å².